The summed E-state index contributed by atoms with van der Waals surface area (Å²) >= 11 is 0. The highest BCUT2D eigenvalue weighted by Gasteiger charge is 2.40. The maximum atomic E-state index is 3.63. The van der Waals surface area contributed by atoms with Crippen LogP contribution in [0, 0.1) is 17.3 Å². The van der Waals surface area contributed by atoms with E-state index in [4.69, 9.17) is 0 Å². The molecule has 4 unspecified atom stereocenters. The Morgan fingerprint density at radius 3 is 2.50 bits per heavy atom. The SMILES string of the molecule is CNC1C(CN2CC(C)C(N(C)C)C2)CCCC1(C)C. The van der Waals surface area contributed by atoms with Crippen LogP contribution in [0.3, 0.4) is 0 Å². The van der Waals surface area contributed by atoms with Gasteiger partial charge in [0.2, 0.25) is 0 Å². The molecule has 2 aliphatic rings. The molecule has 2 fully saturated rings. The van der Waals surface area contributed by atoms with Gasteiger partial charge in [0.05, 0.1) is 0 Å². The molecular formula is C17H35N3. The van der Waals surface area contributed by atoms with E-state index in [2.05, 4.69) is 57.0 Å². The zero-order valence-corrected chi connectivity index (χ0v) is 14.4. The van der Waals surface area contributed by atoms with Crippen LogP contribution >= 0.6 is 0 Å². The summed E-state index contributed by atoms with van der Waals surface area (Å²) in [6.45, 7) is 11.1. The zero-order chi connectivity index (χ0) is 14.9. The fraction of sp³-hybridized carbons (Fsp3) is 1.00. The van der Waals surface area contributed by atoms with Crippen LogP contribution in [0.2, 0.25) is 0 Å². The molecule has 2 rings (SSSR count). The van der Waals surface area contributed by atoms with Crippen molar-refractivity contribution in [1.29, 1.82) is 0 Å². The number of nitrogens with one attached hydrogen (secondary N) is 1. The minimum absolute atomic E-state index is 0.448. The van der Waals surface area contributed by atoms with Crippen LogP contribution in [0.25, 0.3) is 0 Å². The number of nitrogens with zero attached hydrogens (tertiary/aromatic N) is 2. The van der Waals surface area contributed by atoms with Crippen LogP contribution in [0.1, 0.15) is 40.0 Å². The van der Waals surface area contributed by atoms with Gasteiger partial charge in [0, 0.05) is 31.7 Å². The lowest BCUT2D eigenvalue weighted by Gasteiger charge is -2.45. The molecule has 1 N–H and O–H groups in total. The molecule has 1 aliphatic carbocycles. The Hall–Kier alpha value is -0.120. The molecule has 1 saturated heterocycles. The number of likely N-dealkylation sites (N-methyl/N-ethyl adjacent to an activating group) is 1. The number of likely N-dealkylation sites (tertiary alicyclic amines) is 1. The third kappa shape index (κ3) is 3.37. The number of rotatable bonds is 4. The van der Waals surface area contributed by atoms with Gasteiger partial charge in [-0.1, -0.05) is 27.2 Å². The van der Waals surface area contributed by atoms with E-state index < -0.39 is 0 Å². The molecule has 0 bridgehead atoms. The lowest BCUT2D eigenvalue weighted by Crippen LogP contribution is -2.51. The predicted octanol–water partition coefficient (Wildman–Crippen LogP) is 2.28. The van der Waals surface area contributed by atoms with Crippen LogP contribution in [-0.2, 0) is 0 Å². The van der Waals surface area contributed by atoms with Crippen molar-refractivity contribution < 1.29 is 0 Å². The average molecular weight is 281 g/mol. The van der Waals surface area contributed by atoms with E-state index in [1.54, 1.807) is 0 Å². The molecule has 118 valence electrons. The molecule has 0 aromatic rings. The van der Waals surface area contributed by atoms with Gasteiger partial charge in [-0.15, -0.1) is 0 Å². The van der Waals surface area contributed by atoms with Crippen molar-refractivity contribution in [3.8, 4) is 0 Å². The minimum atomic E-state index is 0.448. The van der Waals surface area contributed by atoms with E-state index in [-0.39, 0.29) is 0 Å². The Labute approximate surface area is 126 Å². The van der Waals surface area contributed by atoms with Gasteiger partial charge >= 0.3 is 0 Å². The molecule has 0 aromatic heterocycles. The number of hydrogen-bond donors (Lipinski definition) is 1. The molecule has 0 aromatic carbocycles. The largest absolute Gasteiger partial charge is 0.316 e. The van der Waals surface area contributed by atoms with Crippen molar-refractivity contribution in [3.05, 3.63) is 0 Å². The zero-order valence-electron chi connectivity index (χ0n) is 14.4. The summed E-state index contributed by atoms with van der Waals surface area (Å²) in [5.41, 5.74) is 0.448. The lowest BCUT2D eigenvalue weighted by molar-refractivity contribution is 0.0880. The highest BCUT2D eigenvalue weighted by Crippen LogP contribution is 2.39. The highest BCUT2D eigenvalue weighted by atomic mass is 15.2. The van der Waals surface area contributed by atoms with Crippen LogP contribution in [0.15, 0.2) is 0 Å². The van der Waals surface area contributed by atoms with E-state index in [1.807, 2.05) is 0 Å². The molecule has 0 amide bonds. The van der Waals surface area contributed by atoms with E-state index in [0.717, 1.165) is 17.9 Å². The quantitative estimate of drug-likeness (QED) is 0.853. The maximum absolute atomic E-state index is 3.63. The van der Waals surface area contributed by atoms with Gasteiger partial charge in [0.15, 0.2) is 0 Å². The molecule has 1 heterocycles. The summed E-state index contributed by atoms with van der Waals surface area (Å²) in [4.78, 5) is 5.12. The first-order valence-electron chi connectivity index (χ1n) is 8.41. The third-order valence-corrected chi connectivity index (χ3v) is 5.82. The first-order valence-corrected chi connectivity index (χ1v) is 8.41. The van der Waals surface area contributed by atoms with Crippen molar-refractivity contribution in [1.82, 2.24) is 15.1 Å². The van der Waals surface area contributed by atoms with Gasteiger partial charge in [-0.2, -0.15) is 0 Å². The Bertz CT molecular complexity index is 313. The van der Waals surface area contributed by atoms with Gasteiger partial charge in [-0.05, 0) is 51.2 Å². The maximum Gasteiger partial charge on any atom is 0.0254 e. The van der Waals surface area contributed by atoms with Crippen molar-refractivity contribution in [2.45, 2.75) is 52.1 Å². The third-order valence-electron chi connectivity index (χ3n) is 5.82. The van der Waals surface area contributed by atoms with Crippen molar-refractivity contribution in [3.63, 3.8) is 0 Å². The fourth-order valence-electron chi connectivity index (χ4n) is 4.80. The second-order valence-electron chi connectivity index (χ2n) is 8.13. The van der Waals surface area contributed by atoms with E-state index in [9.17, 15) is 0 Å². The molecule has 3 heteroatoms. The average Bonchev–Trinajstić information content (AvgIpc) is 2.69. The Balaban J connectivity index is 1.96. The van der Waals surface area contributed by atoms with Crippen molar-refractivity contribution in [2.24, 2.45) is 17.3 Å². The van der Waals surface area contributed by atoms with Gasteiger partial charge in [0.1, 0.15) is 0 Å². The summed E-state index contributed by atoms with van der Waals surface area (Å²) in [5.74, 6) is 1.62. The number of hydrogen-bond acceptors (Lipinski definition) is 3. The van der Waals surface area contributed by atoms with E-state index >= 15 is 0 Å². The summed E-state index contributed by atoms with van der Waals surface area (Å²) in [6.07, 6.45) is 4.16. The fourth-order valence-corrected chi connectivity index (χ4v) is 4.80. The Morgan fingerprint density at radius 2 is 1.95 bits per heavy atom. The van der Waals surface area contributed by atoms with Crippen molar-refractivity contribution >= 4 is 0 Å². The minimum Gasteiger partial charge on any atom is -0.316 e. The topological polar surface area (TPSA) is 18.5 Å². The van der Waals surface area contributed by atoms with Crippen molar-refractivity contribution in [2.75, 3.05) is 40.8 Å². The summed E-state index contributed by atoms with van der Waals surface area (Å²) in [5, 5.41) is 3.63. The standard InChI is InChI=1S/C17H35N3/c1-13-10-20(12-15(13)19(5)6)11-14-8-7-9-17(2,3)16(14)18-4/h13-16,18H,7-12H2,1-6H3. The normalized spacial score (nSPS) is 38.5. The molecule has 0 radical (unpaired) electrons. The summed E-state index contributed by atoms with van der Waals surface area (Å²) in [7, 11) is 6.61. The molecule has 3 nitrogen and oxygen atoms in total. The molecule has 1 aliphatic heterocycles. The van der Waals surface area contributed by atoms with Gasteiger partial charge in [-0.3, -0.25) is 0 Å². The monoisotopic (exact) mass is 281 g/mol. The van der Waals surface area contributed by atoms with Gasteiger partial charge < -0.3 is 15.1 Å². The first kappa shape index (κ1) is 16.3. The van der Waals surface area contributed by atoms with Crippen LogP contribution < -0.4 is 5.32 Å². The van der Waals surface area contributed by atoms with Crippen LogP contribution in [-0.4, -0.2) is 62.7 Å². The second-order valence-corrected chi connectivity index (χ2v) is 8.13. The van der Waals surface area contributed by atoms with E-state index in [0.29, 0.717) is 11.5 Å². The molecule has 20 heavy (non-hydrogen) atoms. The highest BCUT2D eigenvalue weighted by molar-refractivity contribution is 4.95. The Morgan fingerprint density at radius 1 is 1.25 bits per heavy atom. The summed E-state index contributed by atoms with van der Waals surface area (Å²) in [6, 6.07) is 1.41. The molecule has 0 spiro atoms. The smallest absolute Gasteiger partial charge is 0.0254 e. The first-order chi connectivity index (χ1) is 9.35. The predicted molar refractivity (Wildman–Crippen MR) is 87.0 cm³/mol. The molecule has 4 atom stereocenters. The molecular weight excluding hydrogens is 246 g/mol. The lowest BCUT2D eigenvalue weighted by atomic mass is 9.68. The Kier molecular flexibility index (Phi) is 5.14. The second kappa shape index (κ2) is 6.33. The van der Waals surface area contributed by atoms with Gasteiger partial charge in [-0.25, -0.2) is 0 Å². The van der Waals surface area contributed by atoms with Gasteiger partial charge in [0.25, 0.3) is 0 Å². The van der Waals surface area contributed by atoms with Crippen LogP contribution in [0.4, 0.5) is 0 Å². The van der Waals surface area contributed by atoms with E-state index in [1.165, 1.54) is 38.9 Å². The summed E-state index contributed by atoms with van der Waals surface area (Å²) < 4.78 is 0. The van der Waals surface area contributed by atoms with Crippen LogP contribution in [0.5, 0.6) is 0 Å². The molecule has 1 saturated carbocycles.